The Morgan fingerprint density at radius 1 is 1.21 bits per heavy atom. The molecule has 1 saturated carbocycles. The molecule has 0 spiro atoms. The van der Waals surface area contributed by atoms with E-state index in [1.807, 2.05) is 0 Å². The summed E-state index contributed by atoms with van der Waals surface area (Å²) in [6.07, 6.45) is 1.10. The van der Waals surface area contributed by atoms with E-state index in [0.29, 0.717) is 5.89 Å². The number of thioether (sulfide) groups is 1. The van der Waals surface area contributed by atoms with E-state index in [0.717, 1.165) is 24.0 Å². The minimum absolute atomic E-state index is 0.0191. The molecule has 4 aromatic rings. The van der Waals surface area contributed by atoms with Crippen LogP contribution in [0.3, 0.4) is 0 Å². The van der Waals surface area contributed by atoms with Gasteiger partial charge in [0.25, 0.3) is 6.43 Å². The zero-order valence-electron chi connectivity index (χ0n) is 20.1. The van der Waals surface area contributed by atoms with Gasteiger partial charge in [0.15, 0.2) is 35.0 Å². The van der Waals surface area contributed by atoms with Gasteiger partial charge in [-0.05, 0) is 25.5 Å². The van der Waals surface area contributed by atoms with Crippen molar-refractivity contribution < 1.29 is 31.1 Å². The summed E-state index contributed by atoms with van der Waals surface area (Å²) in [6.45, 7) is 1.42. The molecule has 202 valence electrons. The Hall–Kier alpha value is -3.94. The number of nitrogens with zero attached hydrogens (tertiary/aromatic N) is 4. The smallest absolute Gasteiger partial charge is 0.253 e. The van der Waals surface area contributed by atoms with Gasteiger partial charge in [-0.15, -0.1) is 0 Å². The van der Waals surface area contributed by atoms with Crippen LogP contribution in [0.25, 0.3) is 10.9 Å². The summed E-state index contributed by atoms with van der Waals surface area (Å²) in [6, 6.07) is 5.02. The normalized spacial score (nSPS) is 24.0. The Morgan fingerprint density at radius 3 is 2.77 bits per heavy atom. The van der Waals surface area contributed by atoms with Crippen LogP contribution in [0.15, 0.2) is 52.3 Å². The topological polar surface area (TPSA) is 111 Å². The van der Waals surface area contributed by atoms with E-state index in [9.17, 15) is 17.6 Å². The number of benzene rings is 1. The van der Waals surface area contributed by atoms with Gasteiger partial charge in [0.05, 0.1) is 22.7 Å². The highest BCUT2D eigenvalue weighted by Gasteiger charge is 2.71. The average molecular weight is 563 g/mol. The number of rotatable bonds is 7. The van der Waals surface area contributed by atoms with E-state index >= 15 is 4.39 Å². The number of ether oxygens (including phenoxy) is 1. The first-order valence-corrected chi connectivity index (χ1v) is 12.5. The van der Waals surface area contributed by atoms with Crippen LogP contribution in [0.2, 0.25) is 0 Å². The third kappa shape index (κ3) is 4.22. The van der Waals surface area contributed by atoms with Crippen LogP contribution in [0.4, 0.5) is 33.5 Å². The minimum Gasteiger partial charge on any atom is -0.468 e. The minimum atomic E-state index is -2.73. The molecule has 14 heteroatoms. The Kier molecular flexibility index (Phi) is 5.90. The number of oxazole rings is 1. The van der Waals surface area contributed by atoms with Crippen molar-refractivity contribution in [2.75, 3.05) is 5.32 Å². The summed E-state index contributed by atoms with van der Waals surface area (Å²) in [5.41, 5.74) is 4.15. The lowest BCUT2D eigenvalue weighted by molar-refractivity contribution is 0.123. The van der Waals surface area contributed by atoms with Gasteiger partial charge in [0.2, 0.25) is 11.8 Å². The van der Waals surface area contributed by atoms with Gasteiger partial charge in [0.1, 0.15) is 11.8 Å². The number of hydrogen-bond acceptors (Lipinski definition) is 9. The molecular formula is C25H19F5N6O2S. The van der Waals surface area contributed by atoms with Crippen molar-refractivity contribution in [3.63, 3.8) is 0 Å². The van der Waals surface area contributed by atoms with Gasteiger partial charge in [-0.2, -0.15) is 0 Å². The number of pyridine rings is 2. The van der Waals surface area contributed by atoms with Crippen molar-refractivity contribution in [2.45, 2.75) is 36.7 Å². The maximum absolute atomic E-state index is 15.1. The predicted molar refractivity (Wildman–Crippen MR) is 133 cm³/mol. The molecule has 3 atom stereocenters. The van der Waals surface area contributed by atoms with Gasteiger partial charge >= 0.3 is 0 Å². The highest BCUT2D eigenvalue weighted by atomic mass is 32.2. The molecule has 1 aliphatic carbocycles. The second-order valence-electron chi connectivity index (χ2n) is 9.37. The van der Waals surface area contributed by atoms with Crippen LogP contribution in [0.1, 0.15) is 24.8 Å². The molecule has 6 rings (SSSR count). The van der Waals surface area contributed by atoms with Gasteiger partial charge in [-0.3, -0.25) is 4.99 Å². The van der Waals surface area contributed by atoms with Crippen molar-refractivity contribution in [1.29, 1.82) is 0 Å². The summed E-state index contributed by atoms with van der Waals surface area (Å²) < 4.78 is 81.5. The molecule has 0 saturated heterocycles. The monoisotopic (exact) mass is 562 g/mol. The molecule has 39 heavy (non-hydrogen) atoms. The van der Waals surface area contributed by atoms with E-state index in [1.54, 1.807) is 0 Å². The molecule has 1 fully saturated rings. The fourth-order valence-corrected chi connectivity index (χ4v) is 6.31. The maximum Gasteiger partial charge on any atom is 0.253 e. The molecular weight excluding hydrogens is 543 g/mol. The van der Waals surface area contributed by atoms with Crippen LogP contribution in [0.5, 0.6) is 5.88 Å². The van der Waals surface area contributed by atoms with Crippen LogP contribution in [0, 0.1) is 23.4 Å². The average Bonchev–Trinajstić information content (AvgIpc) is 3.43. The van der Waals surface area contributed by atoms with Gasteiger partial charge < -0.3 is 20.2 Å². The standard InChI is InChI=1S/C25H19F5N6O2S/c1-24(16-8-25(16,22(29)30)39-23(31)36-24)13-6-11(7-14(26)19(13)28)34-21-20-12(15(27)9-33-21)2-3-17(35-20)38-10-18-32-4-5-37-18/h2-7,9,16,22H,8,10H2,1H3,(H2,31,36)(H,33,34)/t16-,24+,25-/m0/s1. The van der Waals surface area contributed by atoms with Crippen molar-refractivity contribution in [2.24, 2.45) is 16.6 Å². The number of nitrogens with two attached hydrogens (primary N) is 1. The first kappa shape index (κ1) is 25.3. The van der Waals surface area contributed by atoms with Crippen molar-refractivity contribution in [3.8, 4) is 5.88 Å². The van der Waals surface area contributed by atoms with Gasteiger partial charge in [0, 0.05) is 34.7 Å². The summed E-state index contributed by atoms with van der Waals surface area (Å²) in [4.78, 5) is 16.6. The first-order valence-electron chi connectivity index (χ1n) is 11.7. The number of aromatic nitrogens is 3. The van der Waals surface area contributed by atoms with Crippen LogP contribution >= 0.6 is 11.8 Å². The SMILES string of the molecule is C[C@]1(c2cc(Nc3ncc(F)c4ccc(OCc5ncco5)nc34)cc(F)c2F)N=C(N)S[C@@]2(C(F)F)C[C@@H]12. The van der Waals surface area contributed by atoms with E-state index in [-0.39, 0.29) is 52.0 Å². The number of nitrogens with one attached hydrogen (secondary N) is 1. The third-order valence-corrected chi connectivity index (χ3v) is 8.27. The lowest BCUT2D eigenvalue weighted by Gasteiger charge is -2.34. The Bertz CT molecular complexity index is 1620. The third-order valence-electron chi connectivity index (χ3n) is 6.96. The summed E-state index contributed by atoms with van der Waals surface area (Å²) in [5, 5.41) is 2.80. The molecule has 4 heterocycles. The fraction of sp³-hybridized carbons (Fsp3) is 0.280. The number of anilines is 2. The predicted octanol–water partition coefficient (Wildman–Crippen LogP) is 5.66. The van der Waals surface area contributed by atoms with E-state index < -0.39 is 40.1 Å². The second-order valence-corrected chi connectivity index (χ2v) is 10.8. The number of alkyl halides is 2. The van der Waals surface area contributed by atoms with Gasteiger partial charge in [-0.25, -0.2) is 36.9 Å². The lowest BCUT2D eigenvalue weighted by atomic mass is 9.85. The zero-order valence-corrected chi connectivity index (χ0v) is 20.9. The molecule has 0 amide bonds. The molecule has 8 nitrogen and oxygen atoms in total. The lowest BCUT2D eigenvalue weighted by Crippen LogP contribution is -2.39. The van der Waals surface area contributed by atoms with E-state index in [2.05, 4.69) is 25.3 Å². The van der Waals surface area contributed by atoms with E-state index in [1.165, 1.54) is 37.6 Å². The molecule has 3 N–H and O–H groups in total. The maximum atomic E-state index is 15.1. The van der Waals surface area contributed by atoms with Gasteiger partial charge in [-0.1, -0.05) is 11.8 Å². The largest absolute Gasteiger partial charge is 0.468 e. The molecule has 3 aromatic heterocycles. The summed E-state index contributed by atoms with van der Waals surface area (Å²) in [5.74, 6) is -3.46. The van der Waals surface area contributed by atoms with E-state index in [4.69, 9.17) is 14.9 Å². The van der Waals surface area contributed by atoms with Crippen molar-refractivity contribution in [1.82, 2.24) is 15.0 Å². The Morgan fingerprint density at radius 2 is 2.03 bits per heavy atom. The zero-order chi connectivity index (χ0) is 27.5. The van der Waals surface area contributed by atoms with Crippen LogP contribution in [-0.4, -0.2) is 31.3 Å². The van der Waals surface area contributed by atoms with Crippen LogP contribution in [-0.2, 0) is 12.1 Å². The Labute approximate surface area is 221 Å². The Balaban J connectivity index is 1.37. The molecule has 0 unspecified atom stereocenters. The van der Waals surface area contributed by atoms with Crippen LogP contribution < -0.4 is 15.8 Å². The second kappa shape index (κ2) is 9.07. The number of fused-ring (bicyclic) bond motifs is 2. The molecule has 0 radical (unpaired) electrons. The number of hydrogen-bond donors (Lipinski definition) is 2. The highest BCUT2D eigenvalue weighted by molar-refractivity contribution is 8.15. The summed E-state index contributed by atoms with van der Waals surface area (Å²) in [7, 11) is 0. The first-order chi connectivity index (χ1) is 18.6. The number of aliphatic imine (C=N–C) groups is 1. The number of amidine groups is 1. The highest BCUT2D eigenvalue weighted by Crippen LogP contribution is 2.68. The van der Waals surface area contributed by atoms with Crippen molar-refractivity contribution >= 4 is 39.3 Å². The molecule has 1 aromatic carbocycles. The fourth-order valence-electron chi connectivity index (χ4n) is 4.97. The molecule has 0 bridgehead atoms. The molecule has 2 aliphatic rings. The van der Waals surface area contributed by atoms with Crippen molar-refractivity contribution in [3.05, 3.63) is 71.8 Å². The molecule has 1 aliphatic heterocycles. The summed E-state index contributed by atoms with van der Waals surface area (Å²) >= 11 is 0.762. The number of halogens is 5. The quantitative estimate of drug-likeness (QED) is 0.278.